The normalized spacial score (nSPS) is 10.9. The number of hydrogen-bond donors (Lipinski definition) is 0. The Hall–Kier alpha value is -1.88. The van der Waals surface area contributed by atoms with Crippen molar-refractivity contribution in [2.45, 2.75) is 13.5 Å². The van der Waals surface area contributed by atoms with Gasteiger partial charge in [0.05, 0.1) is 5.75 Å². The maximum atomic E-state index is 11.5. The van der Waals surface area contributed by atoms with E-state index in [-0.39, 0.29) is 17.0 Å². The van der Waals surface area contributed by atoms with Crippen LogP contribution in [0.1, 0.15) is 6.92 Å². The molecule has 0 unspecified atom stereocenters. The molecule has 2 aromatic rings. The van der Waals surface area contributed by atoms with E-state index < -0.39 is 6.08 Å². The van der Waals surface area contributed by atoms with E-state index >= 15 is 0 Å². The van der Waals surface area contributed by atoms with E-state index in [4.69, 9.17) is 4.74 Å². The van der Waals surface area contributed by atoms with Crippen molar-refractivity contribution in [1.82, 2.24) is 0 Å². The molecule has 4 nitrogen and oxygen atoms in total. The molecule has 1 aromatic heterocycles. The number of halogens is 1. The molecular weight excluding hydrogens is 320 g/mol. The molecule has 0 spiro atoms. The highest BCUT2D eigenvalue weighted by Gasteiger charge is 2.10. The van der Waals surface area contributed by atoms with Gasteiger partial charge in [-0.25, -0.2) is 0 Å². The molecule has 0 fully saturated rings. The number of ether oxygens (including phenoxy) is 1. The molecule has 1 heterocycles. The molecule has 0 aliphatic heterocycles. The number of allylic oxidation sites excluding steroid dienone is 1. The molecule has 0 saturated heterocycles. The Labute approximate surface area is 128 Å². The van der Waals surface area contributed by atoms with Crippen molar-refractivity contribution in [3.63, 3.8) is 0 Å². The average molecular weight is 337 g/mol. The first-order valence-corrected chi connectivity index (χ1v) is 6.17. The van der Waals surface area contributed by atoms with Gasteiger partial charge in [0.15, 0.2) is 12.7 Å². The molecule has 2 rings (SSSR count). The number of pyridine rings is 1. The van der Waals surface area contributed by atoms with Crippen molar-refractivity contribution >= 4 is 34.0 Å². The Morgan fingerprint density at radius 2 is 2.15 bits per heavy atom. The van der Waals surface area contributed by atoms with Gasteiger partial charge in [-0.3, -0.25) is 4.99 Å². The topological polar surface area (TPSA) is 48.5 Å². The maximum Gasteiger partial charge on any atom is 0.227 e. The minimum Gasteiger partial charge on any atom is -0.560 e. The summed E-state index contributed by atoms with van der Waals surface area (Å²) in [6.45, 7) is 6.59. The van der Waals surface area contributed by atoms with Crippen LogP contribution in [0, 0.1) is 0 Å². The van der Waals surface area contributed by atoms with Gasteiger partial charge in [-0.15, -0.1) is 17.0 Å². The summed E-state index contributed by atoms with van der Waals surface area (Å²) in [5, 5.41) is 12.5. The van der Waals surface area contributed by atoms with Crippen LogP contribution in [0.3, 0.4) is 0 Å². The van der Waals surface area contributed by atoms with Gasteiger partial charge in [0.25, 0.3) is 0 Å². The SMILES string of the molecule is Br.C=CC[n+]1cccc2cccc(OC([O-])=NCC)c21. The smallest absolute Gasteiger partial charge is 0.227 e. The van der Waals surface area contributed by atoms with E-state index in [1.54, 1.807) is 19.1 Å². The molecule has 0 saturated carbocycles. The minimum atomic E-state index is -0.566. The van der Waals surface area contributed by atoms with Crippen LogP contribution in [0.4, 0.5) is 0 Å². The van der Waals surface area contributed by atoms with Crippen molar-refractivity contribution in [1.29, 1.82) is 0 Å². The Kier molecular flexibility index (Phi) is 6.18. The van der Waals surface area contributed by atoms with Crippen LogP contribution in [0.25, 0.3) is 10.9 Å². The van der Waals surface area contributed by atoms with Crippen molar-refractivity contribution < 1.29 is 14.4 Å². The monoisotopic (exact) mass is 336 g/mol. The first kappa shape index (κ1) is 16.2. The first-order valence-electron chi connectivity index (χ1n) is 6.17. The molecule has 1 aromatic carbocycles. The van der Waals surface area contributed by atoms with Crippen LogP contribution < -0.4 is 14.4 Å². The summed E-state index contributed by atoms with van der Waals surface area (Å²) in [5.41, 5.74) is 0.865. The molecule has 0 aliphatic carbocycles. The highest BCUT2D eigenvalue weighted by Crippen LogP contribution is 2.21. The highest BCUT2D eigenvalue weighted by atomic mass is 79.9. The predicted molar refractivity (Wildman–Crippen MR) is 83.3 cm³/mol. The quantitative estimate of drug-likeness (QED) is 0.371. The lowest BCUT2D eigenvalue weighted by molar-refractivity contribution is -0.661. The molecule has 5 heteroatoms. The molecule has 0 amide bonds. The number of rotatable bonds is 4. The van der Waals surface area contributed by atoms with Crippen LogP contribution >= 0.6 is 17.0 Å². The van der Waals surface area contributed by atoms with E-state index in [1.165, 1.54) is 0 Å². The van der Waals surface area contributed by atoms with E-state index in [0.717, 1.165) is 10.9 Å². The number of benzene rings is 1. The summed E-state index contributed by atoms with van der Waals surface area (Å²) >= 11 is 0. The third kappa shape index (κ3) is 3.57. The summed E-state index contributed by atoms with van der Waals surface area (Å²) in [7, 11) is 0. The fourth-order valence-electron chi connectivity index (χ4n) is 1.94. The van der Waals surface area contributed by atoms with Gasteiger partial charge in [0.1, 0.15) is 6.08 Å². The Morgan fingerprint density at radius 3 is 2.85 bits per heavy atom. The highest BCUT2D eigenvalue weighted by molar-refractivity contribution is 8.93. The number of nitrogens with zero attached hydrogens (tertiary/aromatic N) is 2. The second kappa shape index (κ2) is 7.65. The van der Waals surface area contributed by atoms with Crippen molar-refractivity contribution in [2.75, 3.05) is 6.54 Å². The molecule has 106 valence electrons. The number of aromatic nitrogens is 1. The van der Waals surface area contributed by atoms with Gasteiger partial charge in [-0.05, 0) is 31.2 Å². The maximum absolute atomic E-state index is 11.5. The second-order valence-corrected chi connectivity index (χ2v) is 3.99. The van der Waals surface area contributed by atoms with E-state index in [2.05, 4.69) is 11.6 Å². The van der Waals surface area contributed by atoms with Crippen LogP contribution in [-0.2, 0) is 6.54 Å². The zero-order valence-corrected chi connectivity index (χ0v) is 13.0. The zero-order valence-electron chi connectivity index (χ0n) is 11.3. The summed E-state index contributed by atoms with van der Waals surface area (Å²) in [4.78, 5) is 3.71. The van der Waals surface area contributed by atoms with Gasteiger partial charge in [-0.1, -0.05) is 12.6 Å². The van der Waals surface area contributed by atoms with Gasteiger partial charge >= 0.3 is 0 Å². The molecule has 0 N–H and O–H groups in total. The second-order valence-electron chi connectivity index (χ2n) is 3.99. The van der Waals surface area contributed by atoms with E-state index in [0.29, 0.717) is 18.8 Å². The standard InChI is InChI=1S/C15H16N2O2.BrH/c1-3-10-17-11-6-8-12-7-5-9-13(14(12)17)19-15(18)16-4-2;/h3,5-9,11H,1,4,10H2,2H3;1H. The predicted octanol–water partition coefficient (Wildman–Crippen LogP) is 2.01. The van der Waals surface area contributed by atoms with Crippen LogP contribution in [-0.4, -0.2) is 12.6 Å². The molecule has 20 heavy (non-hydrogen) atoms. The lowest BCUT2D eigenvalue weighted by atomic mass is 10.2. The third-order valence-corrected chi connectivity index (χ3v) is 2.67. The number of para-hydroxylation sites is 1. The number of aliphatic imine (C=N–C) groups is 1. The van der Waals surface area contributed by atoms with E-state index in [9.17, 15) is 5.11 Å². The van der Waals surface area contributed by atoms with Gasteiger partial charge in [0, 0.05) is 18.0 Å². The fraction of sp³-hybridized carbons (Fsp3) is 0.200. The Bertz CT molecular complexity index is 621. The summed E-state index contributed by atoms with van der Waals surface area (Å²) in [6.07, 6.45) is 3.16. The average Bonchev–Trinajstić information content (AvgIpc) is 2.40. The largest absolute Gasteiger partial charge is 0.560 e. The van der Waals surface area contributed by atoms with Crippen molar-refractivity contribution in [3.8, 4) is 5.75 Å². The summed E-state index contributed by atoms with van der Waals surface area (Å²) < 4.78 is 7.28. The molecule has 0 atom stereocenters. The molecule has 0 radical (unpaired) electrons. The Balaban J connectivity index is 0.00000200. The van der Waals surface area contributed by atoms with Gasteiger partial charge in [-0.2, -0.15) is 4.57 Å². The molecule has 0 bridgehead atoms. The summed E-state index contributed by atoms with van der Waals surface area (Å²) in [6, 6.07) is 9.53. The van der Waals surface area contributed by atoms with Gasteiger partial charge < -0.3 is 9.84 Å². The molecular formula is C15H17BrN2O2. The summed E-state index contributed by atoms with van der Waals surface area (Å²) in [5.74, 6) is 0.516. The van der Waals surface area contributed by atoms with Crippen LogP contribution in [0.15, 0.2) is 54.2 Å². The molecule has 0 aliphatic rings. The minimum absolute atomic E-state index is 0. The first-order chi connectivity index (χ1) is 9.26. The zero-order chi connectivity index (χ0) is 13.7. The Morgan fingerprint density at radius 1 is 1.40 bits per heavy atom. The van der Waals surface area contributed by atoms with Gasteiger partial charge in [0.2, 0.25) is 5.52 Å². The van der Waals surface area contributed by atoms with Crippen molar-refractivity contribution in [3.05, 3.63) is 49.2 Å². The van der Waals surface area contributed by atoms with Crippen molar-refractivity contribution in [2.24, 2.45) is 4.99 Å². The lowest BCUT2D eigenvalue weighted by Crippen LogP contribution is -2.34. The number of hydrogen-bond acceptors (Lipinski definition) is 3. The number of fused-ring (bicyclic) bond motifs is 1. The van der Waals surface area contributed by atoms with E-state index in [1.807, 2.05) is 35.0 Å². The van der Waals surface area contributed by atoms with Crippen LogP contribution in [0.5, 0.6) is 5.75 Å². The fourth-order valence-corrected chi connectivity index (χ4v) is 1.94. The third-order valence-electron chi connectivity index (χ3n) is 2.67. The van der Waals surface area contributed by atoms with Crippen LogP contribution in [0.2, 0.25) is 0 Å². The lowest BCUT2D eigenvalue weighted by Gasteiger charge is -2.14.